The van der Waals surface area contributed by atoms with Crippen LogP contribution in [0.3, 0.4) is 0 Å². The first-order valence-corrected chi connectivity index (χ1v) is 7.55. The summed E-state index contributed by atoms with van der Waals surface area (Å²) in [5, 5.41) is 6.83. The maximum Gasteiger partial charge on any atom is 0.273 e. The summed E-state index contributed by atoms with van der Waals surface area (Å²) < 4.78 is 4.98. The van der Waals surface area contributed by atoms with E-state index in [2.05, 4.69) is 22.6 Å². The molecule has 0 bridgehead atoms. The summed E-state index contributed by atoms with van der Waals surface area (Å²) >= 11 is 0. The van der Waals surface area contributed by atoms with E-state index in [0.717, 1.165) is 11.1 Å². The van der Waals surface area contributed by atoms with E-state index in [-0.39, 0.29) is 11.9 Å². The van der Waals surface area contributed by atoms with Gasteiger partial charge < -0.3 is 9.84 Å². The zero-order chi connectivity index (χ0) is 16.1. The fraction of sp³-hybridized carbons (Fsp3) is 0.158. The molecular weight excluding hydrogens is 288 g/mol. The predicted octanol–water partition coefficient (Wildman–Crippen LogP) is 3.70. The molecule has 23 heavy (non-hydrogen) atoms. The Morgan fingerprint density at radius 2 is 1.74 bits per heavy atom. The second-order valence-corrected chi connectivity index (χ2v) is 5.45. The van der Waals surface area contributed by atoms with Crippen molar-refractivity contribution in [3.63, 3.8) is 0 Å². The summed E-state index contributed by atoms with van der Waals surface area (Å²) in [5.74, 6) is 0.390. The summed E-state index contributed by atoms with van der Waals surface area (Å²) in [7, 11) is 0. The van der Waals surface area contributed by atoms with Crippen molar-refractivity contribution in [3.8, 4) is 0 Å². The van der Waals surface area contributed by atoms with Crippen LogP contribution in [-0.4, -0.2) is 11.1 Å². The normalized spacial score (nSPS) is 11.9. The number of hydrogen-bond acceptors (Lipinski definition) is 3. The van der Waals surface area contributed by atoms with Crippen molar-refractivity contribution in [2.45, 2.75) is 19.4 Å². The Hall–Kier alpha value is -2.88. The summed E-state index contributed by atoms with van der Waals surface area (Å²) in [6.45, 7) is 1.77. The molecule has 1 aromatic heterocycles. The van der Waals surface area contributed by atoms with Crippen LogP contribution < -0.4 is 5.32 Å². The molecule has 0 fully saturated rings. The fourth-order valence-electron chi connectivity index (χ4n) is 2.49. The largest absolute Gasteiger partial charge is 0.361 e. The highest BCUT2D eigenvalue weighted by Crippen LogP contribution is 2.19. The third kappa shape index (κ3) is 3.86. The van der Waals surface area contributed by atoms with Gasteiger partial charge in [-0.1, -0.05) is 65.8 Å². The minimum atomic E-state index is -0.230. The molecule has 0 saturated carbocycles. The summed E-state index contributed by atoms with van der Waals surface area (Å²) in [4.78, 5) is 12.4. The Balaban J connectivity index is 1.82. The molecule has 0 spiro atoms. The monoisotopic (exact) mass is 306 g/mol. The molecule has 116 valence electrons. The van der Waals surface area contributed by atoms with Gasteiger partial charge in [0, 0.05) is 6.07 Å². The van der Waals surface area contributed by atoms with Gasteiger partial charge in [0.15, 0.2) is 5.69 Å². The minimum absolute atomic E-state index is 0.122. The second kappa shape index (κ2) is 6.92. The molecule has 1 amide bonds. The van der Waals surface area contributed by atoms with Gasteiger partial charge in [-0.25, -0.2) is 0 Å². The maximum absolute atomic E-state index is 12.4. The Morgan fingerprint density at radius 3 is 2.35 bits per heavy atom. The van der Waals surface area contributed by atoms with Crippen LogP contribution in [0.1, 0.15) is 33.4 Å². The average Bonchev–Trinajstić information content (AvgIpc) is 3.03. The van der Waals surface area contributed by atoms with Crippen molar-refractivity contribution in [2.75, 3.05) is 0 Å². The number of aromatic nitrogens is 1. The van der Waals surface area contributed by atoms with E-state index >= 15 is 0 Å². The highest BCUT2D eigenvalue weighted by Gasteiger charge is 2.18. The van der Waals surface area contributed by atoms with Crippen LogP contribution in [0, 0.1) is 6.92 Å². The number of nitrogens with zero attached hydrogens (tertiary/aromatic N) is 1. The van der Waals surface area contributed by atoms with E-state index in [1.54, 1.807) is 13.0 Å². The Morgan fingerprint density at radius 1 is 1.09 bits per heavy atom. The zero-order valence-electron chi connectivity index (χ0n) is 12.9. The first-order valence-electron chi connectivity index (χ1n) is 7.55. The standard InChI is InChI=1S/C19H18N2O2/c1-14-12-18(21-23-14)19(22)20-17(16-10-6-3-7-11-16)13-15-8-4-2-5-9-15/h2-12,17H,13H2,1H3,(H,20,22). The van der Waals surface area contributed by atoms with Crippen molar-refractivity contribution in [2.24, 2.45) is 0 Å². The Bertz CT molecular complexity index is 766. The molecule has 1 N–H and O–H groups in total. The molecule has 4 nitrogen and oxygen atoms in total. The van der Waals surface area contributed by atoms with Gasteiger partial charge in [-0.3, -0.25) is 4.79 Å². The van der Waals surface area contributed by atoms with Gasteiger partial charge in [-0.2, -0.15) is 0 Å². The quantitative estimate of drug-likeness (QED) is 0.782. The fourth-order valence-corrected chi connectivity index (χ4v) is 2.49. The van der Waals surface area contributed by atoms with Crippen molar-refractivity contribution in [1.82, 2.24) is 10.5 Å². The lowest BCUT2D eigenvalue weighted by molar-refractivity contribution is 0.0927. The first-order chi connectivity index (χ1) is 11.2. The molecule has 2 aromatic carbocycles. The average molecular weight is 306 g/mol. The minimum Gasteiger partial charge on any atom is -0.361 e. The smallest absolute Gasteiger partial charge is 0.273 e. The molecule has 0 radical (unpaired) electrons. The molecule has 4 heteroatoms. The predicted molar refractivity (Wildman–Crippen MR) is 88.0 cm³/mol. The van der Waals surface area contributed by atoms with Gasteiger partial charge in [0.1, 0.15) is 5.76 Å². The lowest BCUT2D eigenvalue weighted by Gasteiger charge is -2.19. The van der Waals surface area contributed by atoms with E-state index in [1.165, 1.54) is 0 Å². The number of amides is 1. The van der Waals surface area contributed by atoms with E-state index < -0.39 is 0 Å². The summed E-state index contributed by atoms with van der Waals surface area (Å²) in [5.41, 5.74) is 2.53. The van der Waals surface area contributed by atoms with E-state index in [9.17, 15) is 4.79 Å². The maximum atomic E-state index is 12.4. The summed E-state index contributed by atoms with van der Waals surface area (Å²) in [6.07, 6.45) is 0.716. The van der Waals surface area contributed by atoms with Gasteiger partial charge in [0.2, 0.25) is 0 Å². The van der Waals surface area contributed by atoms with E-state index in [4.69, 9.17) is 4.52 Å². The number of aryl methyl sites for hydroxylation is 1. The van der Waals surface area contributed by atoms with Crippen molar-refractivity contribution in [3.05, 3.63) is 89.3 Å². The van der Waals surface area contributed by atoms with Gasteiger partial charge in [-0.15, -0.1) is 0 Å². The number of carbonyl (C=O) groups is 1. The van der Waals surface area contributed by atoms with Crippen LogP contribution in [0.5, 0.6) is 0 Å². The van der Waals surface area contributed by atoms with E-state index in [0.29, 0.717) is 17.9 Å². The van der Waals surface area contributed by atoms with Gasteiger partial charge in [0.25, 0.3) is 5.91 Å². The van der Waals surface area contributed by atoms with Crippen molar-refractivity contribution >= 4 is 5.91 Å². The topological polar surface area (TPSA) is 55.1 Å². The molecule has 1 unspecified atom stereocenters. The highest BCUT2D eigenvalue weighted by atomic mass is 16.5. The number of hydrogen-bond donors (Lipinski definition) is 1. The molecular formula is C19H18N2O2. The highest BCUT2D eigenvalue weighted by molar-refractivity contribution is 5.92. The SMILES string of the molecule is Cc1cc(C(=O)NC(Cc2ccccc2)c2ccccc2)no1. The Kier molecular flexibility index (Phi) is 4.52. The van der Waals surface area contributed by atoms with Crippen LogP contribution in [-0.2, 0) is 6.42 Å². The number of nitrogens with one attached hydrogen (secondary N) is 1. The second-order valence-electron chi connectivity index (χ2n) is 5.45. The van der Waals surface area contributed by atoms with Gasteiger partial charge >= 0.3 is 0 Å². The van der Waals surface area contributed by atoms with Crippen LogP contribution in [0.4, 0.5) is 0 Å². The third-order valence-electron chi connectivity index (χ3n) is 3.65. The molecule has 0 saturated heterocycles. The lowest BCUT2D eigenvalue weighted by Crippen LogP contribution is -2.30. The third-order valence-corrected chi connectivity index (χ3v) is 3.65. The Labute approximate surface area is 135 Å². The molecule has 1 atom stereocenters. The molecule has 3 rings (SSSR count). The summed E-state index contributed by atoms with van der Waals surface area (Å²) in [6, 6.07) is 21.6. The van der Waals surface area contributed by atoms with Gasteiger partial charge in [0.05, 0.1) is 6.04 Å². The first kappa shape index (κ1) is 15.0. The van der Waals surface area contributed by atoms with Crippen molar-refractivity contribution < 1.29 is 9.32 Å². The zero-order valence-corrected chi connectivity index (χ0v) is 12.9. The van der Waals surface area contributed by atoms with Crippen LogP contribution >= 0.6 is 0 Å². The molecule has 1 heterocycles. The lowest BCUT2D eigenvalue weighted by atomic mass is 9.98. The van der Waals surface area contributed by atoms with Crippen LogP contribution in [0.2, 0.25) is 0 Å². The van der Waals surface area contributed by atoms with Crippen molar-refractivity contribution in [1.29, 1.82) is 0 Å². The number of benzene rings is 2. The number of carbonyl (C=O) groups excluding carboxylic acids is 1. The van der Waals surface area contributed by atoms with Crippen LogP contribution in [0.15, 0.2) is 71.3 Å². The van der Waals surface area contributed by atoms with Crippen LogP contribution in [0.25, 0.3) is 0 Å². The molecule has 0 aliphatic rings. The molecule has 0 aliphatic carbocycles. The van der Waals surface area contributed by atoms with E-state index in [1.807, 2.05) is 48.5 Å². The molecule has 0 aliphatic heterocycles. The van der Waals surface area contributed by atoms with Gasteiger partial charge in [-0.05, 0) is 24.5 Å². The molecule has 3 aromatic rings. The number of rotatable bonds is 5.